The summed E-state index contributed by atoms with van der Waals surface area (Å²) in [5, 5.41) is 16.9. The van der Waals surface area contributed by atoms with Crippen LogP contribution in [0.5, 0.6) is 0 Å². The van der Waals surface area contributed by atoms with E-state index >= 15 is 0 Å². The number of esters is 1. The predicted octanol–water partition coefficient (Wildman–Crippen LogP) is 8.53. The molecule has 0 spiro atoms. The van der Waals surface area contributed by atoms with Gasteiger partial charge in [0.25, 0.3) is 0 Å². The third kappa shape index (κ3) is 9.44. The number of rotatable bonds is 6. The summed E-state index contributed by atoms with van der Waals surface area (Å²) in [6.07, 6.45) is 2.24. The van der Waals surface area contributed by atoms with Gasteiger partial charge in [-0.05, 0) is 23.4 Å². The fourth-order valence-electron chi connectivity index (χ4n) is 6.12. The summed E-state index contributed by atoms with van der Waals surface area (Å²) < 4.78 is 7.76. The SMILES string of the molecule is [C-]#[N+]c1cc(-c2nc(C)c(C(=O)O)[se]2)ccc1N1CCc2sccc2C1.[C-]#[N+]c1cc(-c2nc(C)c(C(=O)OCC)[se]2)ccc1C.c1cc2c(s1)CCNC2. The van der Waals surface area contributed by atoms with Gasteiger partial charge < -0.3 is 5.32 Å². The average Bonchev–Trinajstić information content (AvgIpc) is 4.02. The van der Waals surface area contributed by atoms with Crippen molar-refractivity contribution in [2.24, 2.45) is 0 Å². The van der Waals surface area contributed by atoms with Crippen LogP contribution in [-0.4, -0.2) is 75.7 Å². The van der Waals surface area contributed by atoms with Crippen molar-refractivity contribution in [1.82, 2.24) is 15.3 Å². The maximum atomic E-state index is 11.8. The number of carboxylic acid groups (broad SMARTS) is 1. The first-order valence-corrected chi connectivity index (χ1v) is 22.7. The molecule has 2 N–H and O–H groups in total. The van der Waals surface area contributed by atoms with Crippen LogP contribution in [0.4, 0.5) is 17.1 Å². The molecule has 0 atom stereocenters. The molecule has 0 saturated heterocycles. The van der Waals surface area contributed by atoms with Gasteiger partial charge in [0.2, 0.25) is 0 Å². The quantitative estimate of drug-likeness (QED) is 0.0973. The Morgan fingerprint density at radius 2 is 1.49 bits per heavy atom. The molecule has 0 radical (unpaired) electrons. The van der Waals surface area contributed by atoms with E-state index in [1.54, 1.807) is 30.1 Å². The van der Waals surface area contributed by atoms with Gasteiger partial charge in [0.05, 0.1) is 0 Å². The topological polar surface area (TPSA) is 113 Å². The van der Waals surface area contributed by atoms with Crippen LogP contribution in [0.2, 0.25) is 0 Å². The van der Waals surface area contributed by atoms with E-state index in [1.165, 1.54) is 22.4 Å². The number of nitrogens with one attached hydrogen (secondary N) is 1. The first-order chi connectivity index (χ1) is 26.6. The number of aromatic nitrogens is 2. The zero-order valence-corrected chi connectivity index (χ0v) is 35.8. The number of carbonyl (C=O) groups excluding carboxylic acids is 1. The number of ether oxygens (including phenoxy) is 1. The number of fused-ring (bicyclic) bond motifs is 2. The average molecular weight is 901 g/mol. The van der Waals surface area contributed by atoms with Crippen LogP contribution in [-0.2, 0) is 30.7 Å². The van der Waals surface area contributed by atoms with Gasteiger partial charge in [0.1, 0.15) is 0 Å². The minimum absolute atomic E-state index is 0.162. The Bertz CT molecular complexity index is 2410. The van der Waals surface area contributed by atoms with Crippen LogP contribution >= 0.6 is 22.7 Å². The number of hydrogen-bond donors (Lipinski definition) is 2. The molecule has 2 aliphatic rings. The van der Waals surface area contributed by atoms with E-state index in [0.717, 1.165) is 69.8 Å². The summed E-state index contributed by atoms with van der Waals surface area (Å²) in [7, 11) is 0. The number of carboxylic acids is 1. The second kappa shape index (κ2) is 18.3. The van der Waals surface area contributed by atoms with Gasteiger partial charge in [-0.2, -0.15) is 0 Å². The maximum absolute atomic E-state index is 11.8. The molecule has 14 heteroatoms. The van der Waals surface area contributed by atoms with E-state index in [4.69, 9.17) is 17.9 Å². The minimum Gasteiger partial charge on any atom is -0.312 e. The van der Waals surface area contributed by atoms with Gasteiger partial charge in [-0.1, -0.05) is 0 Å². The van der Waals surface area contributed by atoms with Gasteiger partial charge in [0.15, 0.2) is 0 Å². The second-order valence-corrected chi connectivity index (χ2v) is 18.9. The Kier molecular flexibility index (Phi) is 13.4. The Hall–Kier alpha value is -4.62. The van der Waals surface area contributed by atoms with Gasteiger partial charge >= 0.3 is 285 Å². The summed E-state index contributed by atoms with van der Waals surface area (Å²) in [6, 6.07) is 15.9. The van der Waals surface area contributed by atoms with E-state index in [2.05, 4.69) is 52.8 Å². The van der Waals surface area contributed by atoms with Crippen molar-refractivity contribution in [1.29, 1.82) is 0 Å². The van der Waals surface area contributed by atoms with Gasteiger partial charge in [0, 0.05) is 18.0 Å². The van der Waals surface area contributed by atoms with Crippen LogP contribution in [0.15, 0.2) is 59.3 Å². The first kappa shape index (κ1) is 40.1. The van der Waals surface area contributed by atoms with E-state index in [-0.39, 0.29) is 35.0 Å². The minimum atomic E-state index is -0.900. The van der Waals surface area contributed by atoms with Crippen molar-refractivity contribution >= 4 is 80.7 Å². The molecule has 55 heavy (non-hydrogen) atoms. The number of nitrogens with zero attached hydrogens (tertiary/aromatic N) is 5. The van der Waals surface area contributed by atoms with Crippen molar-refractivity contribution in [2.75, 3.05) is 24.6 Å². The van der Waals surface area contributed by atoms with E-state index < -0.39 is 5.97 Å². The number of aromatic carboxylic acids is 1. The van der Waals surface area contributed by atoms with Gasteiger partial charge in [-0.15, -0.1) is 11.3 Å². The molecule has 10 nitrogen and oxygen atoms in total. The van der Waals surface area contributed by atoms with E-state index in [1.807, 2.05) is 61.6 Å². The van der Waals surface area contributed by atoms with Crippen molar-refractivity contribution in [3.63, 3.8) is 0 Å². The van der Waals surface area contributed by atoms with Crippen molar-refractivity contribution in [3.05, 3.63) is 129 Å². The van der Waals surface area contributed by atoms with Crippen molar-refractivity contribution in [2.45, 2.75) is 53.6 Å². The number of benzene rings is 2. The second-order valence-electron chi connectivity index (χ2n) is 12.7. The van der Waals surface area contributed by atoms with Crippen LogP contribution in [0.1, 0.15) is 63.2 Å². The summed E-state index contributed by atoms with van der Waals surface area (Å²) in [6.45, 7) is 26.4. The van der Waals surface area contributed by atoms with Gasteiger partial charge in [-0.3, -0.25) is 0 Å². The maximum Gasteiger partial charge on any atom is 0.0216 e. The number of anilines is 1. The van der Waals surface area contributed by atoms with Crippen LogP contribution in [0.25, 0.3) is 30.0 Å². The molecule has 0 amide bonds. The zero-order valence-electron chi connectivity index (χ0n) is 30.8. The van der Waals surface area contributed by atoms with Crippen LogP contribution in [0.3, 0.4) is 0 Å². The molecule has 0 saturated carbocycles. The largest absolute Gasteiger partial charge is 0.312 e. The molecule has 8 rings (SSSR count). The molecule has 2 aliphatic heterocycles. The third-order valence-corrected chi connectivity index (χ3v) is 16.0. The number of aryl methyl sites for hydroxylation is 3. The monoisotopic (exact) mass is 902 g/mol. The molecule has 6 heterocycles. The smallest absolute Gasteiger partial charge is 0.0216 e. The van der Waals surface area contributed by atoms with Crippen LogP contribution < -0.4 is 10.2 Å². The normalized spacial score (nSPS) is 12.8. The molecule has 0 unspecified atom stereocenters. The molecule has 4 aromatic heterocycles. The van der Waals surface area contributed by atoms with Crippen molar-refractivity contribution < 1.29 is 19.4 Å². The third-order valence-electron chi connectivity index (χ3n) is 9.00. The standard InChI is InChI=1S/C19H15N3O2SSe.C15H14N2O2Se.C7H9NS/c1-11-17(19(23)24)26-18(21-11)12-3-4-15(14(9-12)20-2)22-7-5-16-13(10-22)6-8-25-16;1-5-19-15(18)13-10(3)17-14(20-13)11-7-6-9(2)12(8-11)16-4;1-3-8-5-6-2-4-9-7(1)6/h3-4,6,8-9H,5,7,10H2,1H3,(H,23,24);6-8H,5H2,1-3H3;2,4,8H,1,3,5H2. The molecule has 0 fully saturated rings. The Labute approximate surface area is 340 Å². The molecular formula is C41H38N6O4S2Se2. The summed E-state index contributed by atoms with van der Waals surface area (Å²) in [4.78, 5) is 44.5. The molecule has 6 aromatic rings. The van der Waals surface area contributed by atoms with Gasteiger partial charge in [-0.25, -0.2) is 0 Å². The van der Waals surface area contributed by atoms with E-state index in [9.17, 15) is 14.7 Å². The summed E-state index contributed by atoms with van der Waals surface area (Å²) in [5.41, 5.74) is 9.03. The molecule has 0 bridgehead atoms. The number of thiophene rings is 2. The predicted molar refractivity (Wildman–Crippen MR) is 222 cm³/mol. The number of hydrogen-bond acceptors (Lipinski definition) is 9. The summed E-state index contributed by atoms with van der Waals surface area (Å²) in [5.74, 6) is -1.18. The molecular weight excluding hydrogens is 863 g/mol. The summed E-state index contributed by atoms with van der Waals surface area (Å²) >= 11 is 3.20. The zero-order chi connectivity index (χ0) is 39.1. The molecule has 0 aliphatic carbocycles. The Morgan fingerprint density at radius 1 is 0.873 bits per heavy atom. The fraction of sp³-hybridized carbons (Fsp3) is 0.268. The van der Waals surface area contributed by atoms with Crippen molar-refractivity contribution in [3.8, 4) is 20.3 Å². The molecule has 2 aromatic carbocycles. The first-order valence-electron chi connectivity index (χ1n) is 17.5. The Morgan fingerprint density at radius 3 is 2.13 bits per heavy atom. The molecule has 280 valence electrons. The fourth-order valence-corrected chi connectivity index (χ4v) is 11.8. The van der Waals surface area contributed by atoms with E-state index in [0.29, 0.717) is 32.6 Å². The Balaban J connectivity index is 0.000000156. The van der Waals surface area contributed by atoms with Crippen LogP contribution in [0, 0.1) is 33.9 Å². The number of carbonyl (C=O) groups is 2.